The maximum atomic E-state index is 13.4. The van der Waals surface area contributed by atoms with Crippen LogP contribution in [0, 0.1) is 12.8 Å². The molecule has 1 heterocycles. The molecule has 2 aliphatic carbocycles. The Bertz CT molecular complexity index is 1140. The first kappa shape index (κ1) is 24.1. The highest BCUT2D eigenvalue weighted by Crippen LogP contribution is 2.37. The SMILES string of the molecule is Cc1ccccc1C(CC(=O)N[C@H]1CC[C@H](N)CC1)c1cn(CC2CCCCC2)c2ccccc12. The van der Waals surface area contributed by atoms with E-state index in [1.807, 2.05) is 0 Å². The summed E-state index contributed by atoms with van der Waals surface area (Å²) in [7, 11) is 0. The highest BCUT2D eigenvalue weighted by Gasteiger charge is 2.27. The fourth-order valence-corrected chi connectivity index (χ4v) is 6.45. The van der Waals surface area contributed by atoms with Crippen molar-refractivity contribution in [3.05, 3.63) is 71.4 Å². The molecule has 0 aliphatic heterocycles. The molecule has 1 atom stereocenters. The summed E-state index contributed by atoms with van der Waals surface area (Å²) >= 11 is 0. The van der Waals surface area contributed by atoms with Crippen LogP contribution in [0.3, 0.4) is 0 Å². The molecule has 5 rings (SSSR count). The van der Waals surface area contributed by atoms with Gasteiger partial charge in [0.25, 0.3) is 0 Å². The number of para-hydroxylation sites is 1. The van der Waals surface area contributed by atoms with E-state index in [1.165, 1.54) is 59.7 Å². The number of carbonyl (C=O) groups is 1. The monoisotopic (exact) mass is 471 g/mol. The van der Waals surface area contributed by atoms with Crippen molar-refractivity contribution in [2.24, 2.45) is 11.7 Å². The van der Waals surface area contributed by atoms with Gasteiger partial charge in [-0.2, -0.15) is 0 Å². The number of rotatable bonds is 7. The van der Waals surface area contributed by atoms with Gasteiger partial charge in [0.05, 0.1) is 0 Å². The summed E-state index contributed by atoms with van der Waals surface area (Å²) in [5, 5.41) is 4.63. The molecule has 0 bridgehead atoms. The lowest BCUT2D eigenvalue weighted by Crippen LogP contribution is -2.40. The molecule has 0 spiro atoms. The predicted octanol–water partition coefficient (Wildman–Crippen LogP) is 6.44. The van der Waals surface area contributed by atoms with E-state index < -0.39 is 0 Å². The molecule has 1 amide bonds. The van der Waals surface area contributed by atoms with Gasteiger partial charge in [-0.05, 0) is 74.1 Å². The molecule has 186 valence electrons. The average Bonchev–Trinajstić information content (AvgIpc) is 3.23. The maximum absolute atomic E-state index is 13.4. The van der Waals surface area contributed by atoms with Crippen molar-refractivity contribution in [3.63, 3.8) is 0 Å². The molecule has 4 heteroatoms. The van der Waals surface area contributed by atoms with E-state index >= 15 is 0 Å². The number of amides is 1. The van der Waals surface area contributed by atoms with Crippen molar-refractivity contribution in [3.8, 4) is 0 Å². The van der Waals surface area contributed by atoms with Crippen LogP contribution in [0.4, 0.5) is 0 Å². The van der Waals surface area contributed by atoms with Crippen LogP contribution in [-0.4, -0.2) is 22.6 Å². The van der Waals surface area contributed by atoms with E-state index in [9.17, 15) is 4.79 Å². The summed E-state index contributed by atoms with van der Waals surface area (Å²) in [6.07, 6.45) is 13.6. The maximum Gasteiger partial charge on any atom is 0.221 e. The fourth-order valence-electron chi connectivity index (χ4n) is 6.45. The molecule has 2 fully saturated rings. The fraction of sp³-hybridized carbons (Fsp3) is 0.516. The number of nitrogens with one attached hydrogen (secondary N) is 1. The first-order valence-electron chi connectivity index (χ1n) is 13.8. The molecule has 2 aliphatic rings. The quantitative estimate of drug-likeness (QED) is 0.417. The molecule has 2 aromatic carbocycles. The molecule has 1 unspecified atom stereocenters. The molecular formula is C31H41N3O. The molecule has 0 radical (unpaired) electrons. The smallest absolute Gasteiger partial charge is 0.221 e. The summed E-state index contributed by atoms with van der Waals surface area (Å²) < 4.78 is 2.48. The highest BCUT2D eigenvalue weighted by molar-refractivity contribution is 5.87. The molecular weight excluding hydrogens is 430 g/mol. The van der Waals surface area contributed by atoms with Gasteiger partial charge in [-0.3, -0.25) is 4.79 Å². The average molecular weight is 472 g/mol. The number of hydrogen-bond donors (Lipinski definition) is 2. The second-order valence-electron chi connectivity index (χ2n) is 11.1. The molecule has 1 aromatic heterocycles. The van der Waals surface area contributed by atoms with Crippen molar-refractivity contribution >= 4 is 16.8 Å². The Hall–Kier alpha value is -2.59. The summed E-state index contributed by atoms with van der Waals surface area (Å²) in [6, 6.07) is 17.9. The number of nitrogens with two attached hydrogens (primary N) is 1. The van der Waals surface area contributed by atoms with Crippen LogP contribution in [0.15, 0.2) is 54.7 Å². The Balaban J connectivity index is 1.46. The summed E-state index contributed by atoms with van der Waals surface area (Å²) in [5.74, 6) is 0.952. The third-order valence-corrected chi connectivity index (χ3v) is 8.46. The summed E-state index contributed by atoms with van der Waals surface area (Å²) in [5.41, 5.74) is 11.2. The van der Waals surface area contributed by atoms with Gasteiger partial charge in [-0.25, -0.2) is 0 Å². The molecule has 35 heavy (non-hydrogen) atoms. The Morgan fingerprint density at radius 2 is 1.66 bits per heavy atom. The van der Waals surface area contributed by atoms with Crippen LogP contribution in [-0.2, 0) is 11.3 Å². The number of carbonyl (C=O) groups excluding carboxylic acids is 1. The van der Waals surface area contributed by atoms with Crippen LogP contribution >= 0.6 is 0 Å². The zero-order chi connectivity index (χ0) is 24.2. The van der Waals surface area contributed by atoms with Crippen LogP contribution in [0.5, 0.6) is 0 Å². The standard InChI is InChI=1S/C31H41N3O/c1-22-9-5-6-12-26(22)28(19-31(35)33-25-17-15-24(32)16-18-25)29-21-34(20-23-10-3-2-4-11-23)30-14-8-7-13-27(29)30/h5-9,12-14,21,23-25,28H,2-4,10-11,15-20,32H2,1H3,(H,33,35)/t24-,25-,28?. The van der Waals surface area contributed by atoms with Crippen LogP contribution < -0.4 is 11.1 Å². The molecule has 2 saturated carbocycles. The van der Waals surface area contributed by atoms with E-state index in [4.69, 9.17) is 5.73 Å². The first-order valence-corrected chi connectivity index (χ1v) is 13.8. The first-order chi connectivity index (χ1) is 17.1. The van der Waals surface area contributed by atoms with Crippen molar-refractivity contribution in [2.45, 2.75) is 95.7 Å². The van der Waals surface area contributed by atoms with E-state index in [1.54, 1.807) is 0 Å². The van der Waals surface area contributed by atoms with Crippen LogP contribution in [0.1, 0.15) is 86.8 Å². The Kier molecular flexibility index (Phi) is 7.57. The number of hydrogen-bond acceptors (Lipinski definition) is 2. The third-order valence-electron chi connectivity index (χ3n) is 8.46. The lowest BCUT2D eigenvalue weighted by atomic mass is 9.85. The lowest BCUT2D eigenvalue weighted by molar-refractivity contribution is -0.122. The topological polar surface area (TPSA) is 60.1 Å². The van der Waals surface area contributed by atoms with Crippen LogP contribution in [0.2, 0.25) is 0 Å². The van der Waals surface area contributed by atoms with E-state index in [-0.39, 0.29) is 23.9 Å². The van der Waals surface area contributed by atoms with Crippen molar-refractivity contribution in [1.82, 2.24) is 9.88 Å². The van der Waals surface area contributed by atoms with Crippen molar-refractivity contribution in [1.29, 1.82) is 0 Å². The zero-order valence-corrected chi connectivity index (χ0v) is 21.2. The zero-order valence-electron chi connectivity index (χ0n) is 21.2. The summed E-state index contributed by atoms with van der Waals surface area (Å²) in [4.78, 5) is 13.4. The summed E-state index contributed by atoms with van der Waals surface area (Å²) in [6.45, 7) is 3.25. The van der Waals surface area contributed by atoms with Gasteiger partial charge in [-0.1, -0.05) is 61.7 Å². The molecule has 4 nitrogen and oxygen atoms in total. The van der Waals surface area contributed by atoms with Crippen molar-refractivity contribution < 1.29 is 4.79 Å². The largest absolute Gasteiger partial charge is 0.353 e. The molecule has 0 saturated heterocycles. The van der Waals surface area contributed by atoms with Gasteiger partial charge < -0.3 is 15.6 Å². The number of aromatic nitrogens is 1. The number of nitrogens with zero attached hydrogens (tertiary/aromatic N) is 1. The number of benzene rings is 2. The van der Waals surface area contributed by atoms with E-state index in [0.717, 1.165) is 38.1 Å². The van der Waals surface area contributed by atoms with E-state index in [0.29, 0.717) is 6.42 Å². The second-order valence-corrected chi connectivity index (χ2v) is 11.1. The minimum absolute atomic E-state index is 0.0413. The van der Waals surface area contributed by atoms with Crippen LogP contribution in [0.25, 0.3) is 10.9 Å². The highest BCUT2D eigenvalue weighted by atomic mass is 16.1. The van der Waals surface area contributed by atoms with Gasteiger partial charge in [0.15, 0.2) is 0 Å². The van der Waals surface area contributed by atoms with Gasteiger partial charge in [0.1, 0.15) is 0 Å². The van der Waals surface area contributed by atoms with Gasteiger partial charge >= 0.3 is 0 Å². The Morgan fingerprint density at radius 3 is 2.43 bits per heavy atom. The van der Waals surface area contributed by atoms with Gasteiger partial charge in [0.2, 0.25) is 5.91 Å². The Labute approximate surface area is 210 Å². The normalized spacial score (nSPS) is 22.2. The predicted molar refractivity (Wildman–Crippen MR) is 145 cm³/mol. The molecule has 3 aromatic rings. The number of fused-ring (bicyclic) bond motifs is 1. The van der Waals surface area contributed by atoms with Crippen molar-refractivity contribution in [2.75, 3.05) is 0 Å². The minimum atomic E-state index is 0.0413. The minimum Gasteiger partial charge on any atom is -0.353 e. The van der Waals surface area contributed by atoms with E-state index in [2.05, 4.69) is 71.5 Å². The van der Waals surface area contributed by atoms with Gasteiger partial charge in [0, 0.05) is 48.1 Å². The third kappa shape index (κ3) is 5.64. The number of aryl methyl sites for hydroxylation is 1. The second kappa shape index (κ2) is 11.0. The molecule has 3 N–H and O–H groups in total. The van der Waals surface area contributed by atoms with Gasteiger partial charge in [-0.15, -0.1) is 0 Å². The lowest BCUT2D eigenvalue weighted by Gasteiger charge is -2.28. The Morgan fingerprint density at radius 1 is 0.943 bits per heavy atom.